The second-order valence-electron chi connectivity index (χ2n) is 4.95. The number of benzene rings is 1. The summed E-state index contributed by atoms with van der Waals surface area (Å²) in [5, 5.41) is 3.22. The molecule has 104 valence electrons. The van der Waals surface area contributed by atoms with Gasteiger partial charge < -0.3 is 15.8 Å². The summed E-state index contributed by atoms with van der Waals surface area (Å²) in [4.78, 5) is 11.6. The monoisotopic (exact) mass is 266 g/mol. The number of methoxy groups -OCH3 is 1. The molecule has 0 spiro atoms. The fourth-order valence-corrected chi connectivity index (χ4v) is 2.50. The number of nitrogens with one attached hydrogen (secondary N) is 1. The van der Waals surface area contributed by atoms with Crippen LogP contribution in [0.1, 0.15) is 36.0 Å². The molecule has 0 radical (unpaired) electrons. The largest absolute Gasteiger partial charge is 0.465 e. The normalized spacial score (nSPS) is 22.9. The smallest absolute Gasteiger partial charge is 0.339 e. The zero-order chi connectivity index (χ0) is 13.8. The Bertz CT molecular complexity index is 465. The zero-order valence-electron chi connectivity index (χ0n) is 11.0. The van der Waals surface area contributed by atoms with Crippen molar-refractivity contribution in [1.82, 2.24) is 0 Å². The highest BCUT2D eigenvalue weighted by Crippen LogP contribution is 2.24. The van der Waals surface area contributed by atoms with Gasteiger partial charge in [0.15, 0.2) is 0 Å². The van der Waals surface area contributed by atoms with Gasteiger partial charge in [-0.2, -0.15) is 0 Å². The number of rotatable bonds is 3. The number of hydrogen-bond acceptors (Lipinski definition) is 4. The van der Waals surface area contributed by atoms with Crippen molar-refractivity contribution in [3.8, 4) is 0 Å². The van der Waals surface area contributed by atoms with E-state index >= 15 is 0 Å². The maximum absolute atomic E-state index is 13.3. The molecule has 2 atom stereocenters. The highest BCUT2D eigenvalue weighted by Gasteiger charge is 2.21. The van der Waals surface area contributed by atoms with Gasteiger partial charge in [-0.15, -0.1) is 0 Å². The molecule has 1 saturated carbocycles. The van der Waals surface area contributed by atoms with Gasteiger partial charge in [-0.3, -0.25) is 0 Å². The SMILES string of the molecule is COC(=O)c1ccc(F)cc1NC1CCCC(N)C1. The van der Waals surface area contributed by atoms with Crippen LogP contribution in [0.3, 0.4) is 0 Å². The van der Waals surface area contributed by atoms with E-state index in [1.807, 2.05) is 0 Å². The van der Waals surface area contributed by atoms with Crippen molar-refractivity contribution in [2.75, 3.05) is 12.4 Å². The lowest BCUT2D eigenvalue weighted by Crippen LogP contribution is -2.35. The first-order chi connectivity index (χ1) is 9.10. The fraction of sp³-hybridized carbons (Fsp3) is 0.500. The van der Waals surface area contributed by atoms with Crippen molar-refractivity contribution in [2.45, 2.75) is 37.8 Å². The van der Waals surface area contributed by atoms with Gasteiger partial charge in [-0.1, -0.05) is 0 Å². The van der Waals surface area contributed by atoms with E-state index in [1.54, 1.807) is 0 Å². The highest BCUT2D eigenvalue weighted by atomic mass is 19.1. The molecule has 1 aliphatic rings. The first kappa shape index (κ1) is 13.8. The van der Waals surface area contributed by atoms with Crippen LogP contribution in [0.25, 0.3) is 0 Å². The summed E-state index contributed by atoms with van der Waals surface area (Å²) in [5.41, 5.74) is 6.75. The minimum absolute atomic E-state index is 0.168. The molecule has 0 aromatic heterocycles. The number of anilines is 1. The topological polar surface area (TPSA) is 64.3 Å². The maximum Gasteiger partial charge on any atom is 0.339 e. The standard InChI is InChI=1S/C14H19FN2O2/c1-19-14(18)12-6-5-9(15)7-13(12)17-11-4-2-3-10(16)8-11/h5-7,10-11,17H,2-4,8,16H2,1H3. The molecule has 2 rings (SSSR count). The third-order valence-electron chi connectivity index (χ3n) is 3.46. The van der Waals surface area contributed by atoms with Crippen LogP contribution in [0, 0.1) is 5.82 Å². The molecule has 5 heteroatoms. The lowest BCUT2D eigenvalue weighted by atomic mass is 9.91. The Morgan fingerprint density at radius 2 is 2.26 bits per heavy atom. The number of hydrogen-bond donors (Lipinski definition) is 2. The summed E-state index contributed by atoms with van der Waals surface area (Å²) in [5.74, 6) is -0.849. The maximum atomic E-state index is 13.3. The van der Waals surface area contributed by atoms with Crippen molar-refractivity contribution in [3.05, 3.63) is 29.6 Å². The van der Waals surface area contributed by atoms with Crippen LogP contribution in [-0.2, 0) is 4.74 Å². The predicted octanol–water partition coefficient (Wildman–Crippen LogP) is 2.29. The first-order valence-corrected chi connectivity index (χ1v) is 6.50. The summed E-state index contributed by atoms with van der Waals surface area (Å²) in [7, 11) is 1.31. The number of carbonyl (C=O) groups is 1. The quantitative estimate of drug-likeness (QED) is 0.824. The highest BCUT2D eigenvalue weighted by molar-refractivity contribution is 5.95. The number of ether oxygens (including phenoxy) is 1. The average molecular weight is 266 g/mol. The van der Waals surface area contributed by atoms with Crippen LogP contribution < -0.4 is 11.1 Å². The first-order valence-electron chi connectivity index (χ1n) is 6.50. The van der Waals surface area contributed by atoms with Crippen molar-refractivity contribution in [2.24, 2.45) is 5.73 Å². The molecule has 0 heterocycles. The van der Waals surface area contributed by atoms with Gasteiger partial charge in [0, 0.05) is 12.1 Å². The number of halogens is 1. The molecule has 0 bridgehead atoms. The Morgan fingerprint density at radius 1 is 1.47 bits per heavy atom. The van der Waals surface area contributed by atoms with Gasteiger partial charge in [0.05, 0.1) is 18.4 Å². The molecule has 1 aromatic rings. The van der Waals surface area contributed by atoms with E-state index in [-0.39, 0.29) is 17.9 Å². The second kappa shape index (κ2) is 6.02. The van der Waals surface area contributed by atoms with Crippen molar-refractivity contribution in [3.63, 3.8) is 0 Å². The van der Waals surface area contributed by atoms with E-state index in [1.165, 1.54) is 25.3 Å². The van der Waals surface area contributed by atoms with Crippen molar-refractivity contribution >= 4 is 11.7 Å². The fourth-order valence-electron chi connectivity index (χ4n) is 2.50. The molecule has 2 unspecified atom stereocenters. The summed E-state index contributed by atoms with van der Waals surface area (Å²) >= 11 is 0. The van der Waals surface area contributed by atoms with Crippen LogP contribution in [0.4, 0.5) is 10.1 Å². The van der Waals surface area contributed by atoms with E-state index in [0.29, 0.717) is 11.3 Å². The van der Waals surface area contributed by atoms with Gasteiger partial charge in [0.1, 0.15) is 5.82 Å². The molecule has 0 amide bonds. The number of esters is 1. The summed E-state index contributed by atoms with van der Waals surface area (Å²) in [6.07, 6.45) is 3.87. The summed E-state index contributed by atoms with van der Waals surface area (Å²) in [6, 6.07) is 4.36. The molecule has 3 N–H and O–H groups in total. The van der Waals surface area contributed by atoms with Gasteiger partial charge >= 0.3 is 5.97 Å². The Labute approximate surface area is 112 Å². The summed E-state index contributed by atoms with van der Waals surface area (Å²) < 4.78 is 18.0. The minimum atomic E-state index is -0.470. The molecule has 19 heavy (non-hydrogen) atoms. The van der Waals surface area contributed by atoms with Crippen LogP contribution >= 0.6 is 0 Å². The Kier molecular flexibility index (Phi) is 4.37. The van der Waals surface area contributed by atoms with E-state index < -0.39 is 5.97 Å². The van der Waals surface area contributed by atoms with Crippen LogP contribution in [-0.4, -0.2) is 25.2 Å². The molecule has 1 fully saturated rings. The zero-order valence-corrected chi connectivity index (χ0v) is 11.0. The second-order valence-corrected chi connectivity index (χ2v) is 4.95. The van der Waals surface area contributed by atoms with Crippen LogP contribution in [0.2, 0.25) is 0 Å². The Hall–Kier alpha value is -1.62. The van der Waals surface area contributed by atoms with E-state index in [9.17, 15) is 9.18 Å². The molecular formula is C14H19FN2O2. The predicted molar refractivity (Wildman–Crippen MR) is 71.6 cm³/mol. The summed E-state index contributed by atoms with van der Waals surface area (Å²) in [6.45, 7) is 0. The van der Waals surface area contributed by atoms with Crippen LogP contribution in [0.15, 0.2) is 18.2 Å². The average Bonchev–Trinajstić information content (AvgIpc) is 2.38. The Morgan fingerprint density at radius 3 is 2.95 bits per heavy atom. The van der Waals surface area contributed by atoms with Crippen molar-refractivity contribution in [1.29, 1.82) is 0 Å². The molecular weight excluding hydrogens is 247 g/mol. The lowest BCUT2D eigenvalue weighted by Gasteiger charge is -2.28. The van der Waals surface area contributed by atoms with Crippen LogP contribution in [0.5, 0.6) is 0 Å². The van der Waals surface area contributed by atoms with Gasteiger partial charge in [-0.25, -0.2) is 9.18 Å². The molecule has 0 aliphatic heterocycles. The van der Waals surface area contributed by atoms with E-state index in [2.05, 4.69) is 5.32 Å². The number of carbonyl (C=O) groups excluding carboxylic acids is 1. The Balaban J connectivity index is 2.18. The third-order valence-corrected chi connectivity index (χ3v) is 3.46. The lowest BCUT2D eigenvalue weighted by molar-refractivity contribution is 0.0601. The number of nitrogens with two attached hydrogens (primary N) is 1. The minimum Gasteiger partial charge on any atom is -0.465 e. The van der Waals surface area contributed by atoms with E-state index in [0.717, 1.165) is 25.7 Å². The molecule has 1 aliphatic carbocycles. The molecule has 0 saturated heterocycles. The molecule has 4 nitrogen and oxygen atoms in total. The van der Waals surface area contributed by atoms with E-state index in [4.69, 9.17) is 10.5 Å². The van der Waals surface area contributed by atoms with Gasteiger partial charge in [0.2, 0.25) is 0 Å². The molecule has 1 aromatic carbocycles. The van der Waals surface area contributed by atoms with Crippen molar-refractivity contribution < 1.29 is 13.9 Å². The third kappa shape index (κ3) is 3.44. The van der Waals surface area contributed by atoms with Gasteiger partial charge in [0.25, 0.3) is 0 Å². The van der Waals surface area contributed by atoms with Gasteiger partial charge in [-0.05, 0) is 43.9 Å².